The van der Waals surface area contributed by atoms with E-state index in [9.17, 15) is 9.18 Å². The van der Waals surface area contributed by atoms with Crippen molar-refractivity contribution in [3.8, 4) is 0 Å². The average Bonchev–Trinajstić information content (AvgIpc) is 2.90. The number of amides is 1. The number of hydrogen-bond acceptors (Lipinski definition) is 1. The van der Waals surface area contributed by atoms with Crippen LogP contribution in [-0.2, 0) is 4.79 Å². The summed E-state index contributed by atoms with van der Waals surface area (Å²) in [6, 6.07) is 2.30. The van der Waals surface area contributed by atoms with Crippen LogP contribution in [-0.4, -0.2) is 5.91 Å². The SMILES string of the molecule is O=C(Nc1c(Cl)cc(F)cc1Cl)C1CC2CC2C1. The predicted molar refractivity (Wildman–Crippen MR) is 69.4 cm³/mol. The Morgan fingerprint density at radius 3 is 2.28 bits per heavy atom. The van der Waals surface area contributed by atoms with Gasteiger partial charge >= 0.3 is 0 Å². The molecule has 0 bridgehead atoms. The maximum Gasteiger partial charge on any atom is 0.227 e. The number of fused-ring (bicyclic) bond motifs is 1. The fraction of sp³-hybridized carbons (Fsp3) is 0.462. The van der Waals surface area contributed by atoms with Crippen LogP contribution in [0.3, 0.4) is 0 Å². The number of hydrogen-bond donors (Lipinski definition) is 1. The van der Waals surface area contributed by atoms with E-state index in [-0.39, 0.29) is 21.9 Å². The van der Waals surface area contributed by atoms with Crippen molar-refractivity contribution in [2.24, 2.45) is 17.8 Å². The van der Waals surface area contributed by atoms with Gasteiger partial charge in [-0.25, -0.2) is 4.39 Å². The van der Waals surface area contributed by atoms with E-state index in [1.54, 1.807) is 0 Å². The molecule has 2 aliphatic carbocycles. The molecule has 0 radical (unpaired) electrons. The molecule has 0 aromatic heterocycles. The van der Waals surface area contributed by atoms with Crippen LogP contribution < -0.4 is 5.32 Å². The summed E-state index contributed by atoms with van der Waals surface area (Å²) < 4.78 is 13.0. The van der Waals surface area contributed by atoms with Crippen LogP contribution in [0.2, 0.25) is 10.0 Å². The molecule has 0 spiro atoms. The summed E-state index contributed by atoms with van der Waals surface area (Å²) in [6.07, 6.45) is 3.17. The molecule has 2 unspecified atom stereocenters. The molecular formula is C13H12Cl2FNO. The summed E-state index contributed by atoms with van der Waals surface area (Å²) in [7, 11) is 0. The molecule has 0 saturated heterocycles. The van der Waals surface area contributed by atoms with Crippen LogP contribution in [0.25, 0.3) is 0 Å². The second kappa shape index (κ2) is 4.39. The zero-order valence-corrected chi connectivity index (χ0v) is 11.1. The molecule has 0 aliphatic heterocycles. The fourth-order valence-electron chi connectivity index (χ4n) is 2.82. The number of rotatable bonds is 2. The van der Waals surface area contributed by atoms with Crippen molar-refractivity contribution < 1.29 is 9.18 Å². The molecule has 2 nitrogen and oxygen atoms in total. The lowest BCUT2D eigenvalue weighted by atomic mass is 10.0. The maximum atomic E-state index is 13.0. The lowest BCUT2D eigenvalue weighted by molar-refractivity contribution is -0.120. The highest BCUT2D eigenvalue weighted by molar-refractivity contribution is 6.39. The zero-order valence-electron chi connectivity index (χ0n) is 9.55. The van der Waals surface area contributed by atoms with Gasteiger partial charge < -0.3 is 5.32 Å². The molecule has 2 fully saturated rings. The first kappa shape index (κ1) is 12.2. The molecule has 96 valence electrons. The molecule has 1 aromatic carbocycles. The Kier molecular flexibility index (Phi) is 2.99. The van der Waals surface area contributed by atoms with Gasteiger partial charge in [-0.05, 0) is 43.2 Å². The quantitative estimate of drug-likeness (QED) is 0.871. The minimum absolute atomic E-state index is 0.0472. The lowest BCUT2D eigenvalue weighted by Crippen LogP contribution is -2.22. The van der Waals surface area contributed by atoms with Gasteiger partial charge in [0.25, 0.3) is 0 Å². The van der Waals surface area contributed by atoms with Crippen molar-refractivity contribution in [2.75, 3.05) is 5.32 Å². The Balaban J connectivity index is 1.74. The Morgan fingerprint density at radius 2 is 1.72 bits per heavy atom. The van der Waals surface area contributed by atoms with Crippen LogP contribution in [0.4, 0.5) is 10.1 Å². The van der Waals surface area contributed by atoms with Gasteiger partial charge in [0, 0.05) is 5.92 Å². The van der Waals surface area contributed by atoms with Gasteiger partial charge in [0.05, 0.1) is 15.7 Å². The molecular weight excluding hydrogens is 276 g/mol. The monoisotopic (exact) mass is 287 g/mol. The number of carbonyl (C=O) groups excluding carboxylic acids is 1. The van der Waals surface area contributed by atoms with E-state index in [0.29, 0.717) is 5.69 Å². The second-order valence-corrected chi connectivity index (χ2v) is 5.97. The first-order chi connectivity index (χ1) is 8.54. The third-order valence-electron chi connectivity index (χ3n) is 3.87. The number of anilines is 1. The van der Waals surface area contributed by atoms with Crippen molar-refractivity contribution in [3.63, 3.8) is 0 Å². The highest BCUT2D eigenvalue weighted by Crippen LogP contribution is 2.54. The van der Waals surface area contributed by atoms with E-state index in [1.165, 1.54) is 6.42 Å². The standard InChI is InChI=1S/C13H12Cl2FNO/c14-10-4-9(16)5-11(15)12(10)17-13(18)8-2-6-1-7(6)3-8/h4-8H,1-3H2,(H,17,18). The smallest absolute Gasteiger partial charge is 0.227 e. The van der Waals surface area contributed by atoms with Crippen molar-refractivity contribution >= 4 is 34.8 Å². The molecule has 0 heterocycles. The van der Waals surface area contributed by atoms with Crippen LogP contribution in [0.5, 0.6) is 0 Å². The molecule has 5 heteroatoms. The molecule has 3 rings (SSSR count). The molecule has 1 aromatic rings. The van der Waals surface area contributed by atoms with Crippen molar-refractivity contribution in [3.05, 3.63) is 28.0 Å². The highest BCUT2D eigenvalue weighted by atomic mass is 35.5. The van der Waals surface area contributed by atoms with Crippen LogP contribution in [0, 0.1) is 23.6 Å². The fourth-order valence-corrected chi connectivity index (χ4v) is 3.37. The van der Waals surface area contributed by atoms with Crippen LogP contribution in [0.15, 0.2) is 12.1 Å². The molecule has 1 amide bonds. The van der Waals surface area contributed by atoms with Gasteiger partial charge in [-0.2, -0.15) is 0 Å². The van der Waals surface area contributed by atoms with E-state index in [0.717, 1.165) is 36.8 Å². The summed E-state index contributed by atoms with van der Waals surface area (Å²) in [5, 5.41) is 2.99. The van der Waals surface area contributed by atoms with E-state index in [4.69, 9.17) is 23.2 Å². The summed E-state index contributed by atoms with van der Waals surface area (Å²) in [4.78, 5) is 12.0. The average molecular weight is 288 g/mol. The first-order valence-corrected chi connectivity index (χ1v) is 6.75. The van der Waals surface area contributed by atoms with Crippen molar-refractivity contribution in [1.29, 1.82) is 0 Å². The summed E-state index contributed by atoms with van der Waals surface area (Å²) in [5.41, 5.74) is 0.310. The number of halogens is 3. The van der Waals surface area contributed by atoms with Gasteiger partial charge in [-0.15, -0.1) is 0 Å². The van der Waals surface area contributed by atoms with E-state index in [2.05, 4.69) is 5.32 Å². The Hall–Kier alpha value is -0.800. The van der Waals surface area contributed by atoms with Gasteiger partial charge in [0.2, 0.25) is 5.91 Å². The van der Waals surface area contributed by atoms with Gasteiger partial charge in [0.15, 0.2) is 0 Å². The lowest BCUT2D eigenvalue weighted by Gasteiger charge is -2.14. The molecule has 2 aliphatic rings. The summed E-state index contributed by atoms with van der Waals surface area (Å²) in [6.45, 7) is 0. The molecule has 2 saturated carbocycles. The third-order valence-corrected chi connectivity index (χ3v) is 4.47. The number of carbonyl (C=O) groups is 1. The predicted octanol–water partition coefficient (Wildman–Crippen LogP) is 4.12. The normalized spacial score (nSPS) is 28.9. The van der Waals surface area contributed by atoms with E-state index in [1.807, 2.05) is 0 Å². The molecule has 1 N–H and O–H groups in total. The topological polar surface area (TPSA) is 29.1 Å². The van der Waals surface area contributed by atoms with Crippen molar-refractivity contribution in [2.45, 2.75) is 19.3 Å². The van der Waals surface area contributed by atoms with Gasteiger partial charge in [-0.1, -0.05) is 23.2 Å². The Bertz CT molecular complexity index is 487. The summed E-state index contributed by atoms with van der Waals surface area (Å²) >= 11 is 11.8. The maximum absolute atomic E-state index is 13.0. The van der Waals surface area contributed by atoms with E-state index >= 15 is 0 Å². The molecule has 18 heavy (non-hydrogen) atoms. The Labute approximate surface area is 114 Å². The Morgan fingerprint density at radius 1 is 1.17 bits per heavy atom. The third kappa shape index (κ3) is 2.21. The minimum Gasteiger partial charge on any atom is -0.323 e. The zero-order chi connectivity index (χ0) is 12.9. The number of nitrogens with one attached hydrogen (secondary N) is 1. The molecule has 2 atom stereocenters. The van der Waals surface area contributed by atoms with Crippen LogP contribution in [0.1, 0.15) is 19.3 Å². The van der Waals surface area contributed by atoms with Gasteiger partial charge in [0.1, 0.15) is 5.82 Å². The van der Waals surface area contributed by atoms with Crippen molar-refractivity contribution in [1.82, 2.24) is 0 Å². The number of benzene rings is 1. The largest absolute Gasteiger partial charge is 0.323 e. The van der Waals surface area contributed by atoms with Gasteiger partial charge in [-0.3, -0.25) is 4.79 Å². The summed E-state index contributed by atoms with van der Waals surface area (Å²) in [5.74, 6) is 0.952. The van der Waals surface area contributed by atoms with E-state index < -0.39 is 5.82 Å². The first-order valence-electron chi connectivity index (χ1n) is 6.00. The minimum atomic E-state index is -0.509. The van der Waals surface area contributed by atoms with Crippen LogP contribution >= 0.6 is 23.2 Å². The highest BCUT2D eigenvalue weighted by Gasteiger charge is 2.48. The second-order valence-electron chi connectivity index (χ2n) is 5.16.